The van der Waals surface area contributed by atoms with Crippen molar-refractivity contribution in [3.8, 4) is 11.5 Å². The molecule has 2 aliphatic rings. The second kappa shape index (κ2) is 10.6. The number of para-hydroxylation sites is 1. The van der Waals surface area contributed by atoms with Gasteiger partial charge in [0.05, 0.1) is 17.6 Å². The molecule has 198 valence electrons. The number of ether oxygens (including phenoxy) is 2. The Balaban J connectivity index is 1.38. The third-order valence-electron chi connectivity index (χ3n) is 7.93. The molecular weight excluding hydrogens is 480 g/mol. The molecule has 2 aromatic heterocycles. The van der Waals surface area contributed by atoms with Crippen LogP contribution in [0.2, 0.25) is 0 Å². The van der Waals surface area contributed by atoms with Crippen LogP contribution < -0.4 is 15.0 Å². The first-order valence-corrected chi connectivity index (χ1v) is 13.6. The SMILES string of the molecule is CC[C@@H](c1nnnn1C1CCCCC1)N(Cc1ccc2c(c1)OCO2)Cc1cc2cccc(C)c2[nH]c1=O. The van der Waals surface area contributed by atoms with Crippen molar-refractivity contribution in [2.75, 3.05) is 6.79 Å². The van der Waals surface area contributed by atoms with Crippen molar-refractivity contribution in [1.82, 2.24) is 30.1 Å². The monoisotopic (exact) mass is 514 g/mol. The molecule has 1 atom stereocenters. The van der Waals surface area contributed by atoms with Gasteiger partial charge in [-0.1, -0.05) is 50.5 Å². The molecule has 1 fully saturated rings. The largest absolute Gasteiger partial charge is 0.454 e. The zero-order valence-corrected chi connectivity index (χ0v) is 22.0. The number of H-pyrrole nitrogens is 1. The van der Waals surface area contributed by atoms with Crippen molar-refractivity contribution in [2.24, 2.45) is 0 Å². The van der Waals surface area contributed by atoms with Gasteiger partial charge in [-0.2, -0.15) is 0 Å². The van der Waals surface area contributed by atoms with Gasteiger partial charge in [-0.15, -0.1) is 5.10 Å². The molecule has 1 N–H and O–H groups in total. The Labute approximate surface area is 221 Å². The van der Waals surface area contributed by atoms with E-state index in [-0.39, 0.29) is 18.4 Å². The van der Waals surface area contributed by atoms with Crippen LogP contribution >= 0.6 is 0 Å². The molecule has 1 aliphatic carbocycles. The predicted molar refractivity (Wildman–Crippen MR) is 144 cm³/mol. The van der Waals surface area contributed by atoms with Gasteiger partial charge in [-0.25, -0.2) is 4.68 Å². The molecule has 0 bridgehead atoms. The first kappa shape index (κ1) is 24.6. The maximum Gasteiger partial charge on any atom is 0.252 e. The molecule has 1 saturated carbocycles. The summed E-state index contributed by atoms with van der Waals surface area (Å²) in [4.78, 5) is 18.7. The number of aryl methyl sites for hydroxylation is 1. The van der Waals surface area contributed by atoms with Gasteiger partial charge in [-0.3, -0.25) is 9.69 Å². The normalized spacial score (nSPS) is 16.4. The van der Waals surface area contributed by atoms with Gasteiger partial charge >= 0.3 is 0 Å². The number of aromatic nitrogens is 5. The van der Waals surface area contributed by atoms with Gasteiger partial charge < -0.3 is 14.5 Å². The number of nitrogens with one attached hydrogen (secondary N) is 1. The van der Waals surface area contributed by atoms with Crippen LogP contribution in [0.4, 0.5) is 0 Å². The highest BCUT2D eigenvalue weighted by molar-refractivity contribution is 5.81. The van der Waals surface area contributed by atoms with E-state index in [0.717, 1.165) is 64.2 Å². The van der Waals surface area contributed by atoms with Gasteiger partial charge in [-0.05, 0) is 71.3 Å². The predicted octanol–water partition coefficient (Wildman–Crippen LogP) is 5.21. The lowest BCUT2D eigenvalue weighted by atomic mass is 9.95. The summed E-state index contributed by atoms with van der Waals surface area (Å²) in [5.74, 6) is 2.38. The second-order valence-corrected chi connectivity index (χ2v) is 10.5. The van der Waals surface area contributed by atoms with Crippen LogP contribution in [-0.4, -0.2) is 36.9 Å². The van der Waals surface area contributed by atoms with Gasteiger partial charge in [0.15, 0.2) is 17.3 Å². The van der Waals surface area contributed by atoms with Gasteiger partial charge in [0.25, 0.3) is 5.56 Å². The third-order valence-corrected chi connectivity index (χ3v) is 7.93. The average Bonchev–Trinajstić information content (AvgIpc) is 3.60. The van der Waals surface area contributed by atoms with Crippen molar-refractivity contribution < 1.29 is 9.47 Å². The first-order valence-electron chi connectivity index (χ1n) is 13.6. The van der Waals surface area contributed by atoms with Crippen LogP contribution in [0.1, 0.15) is 80.0 Å². The fraction of sp³-hybridized carbons (Fsp3) is 0.448. The maximum absolute atomic E-state index is 13.3. The summed E-state index contributed by atoms with van der Waals surface area (Å²) in [5.41, 5.74) is 3.68. The van der Waals surface area contributed by atoms with Crippen LogP contribution in [-0.2, 0) is 13.1 Å². The van der Waals surface area contributed by atoms with E-state index in [1.165, 1.54) is 19.3 Å². The molecule has 0 unspecified atom stereocenters. The Morgan fingerprint density at radius 1 is 1.08 bits per heavy atom. The molecule has 0 amide bonds. The fourth-order valence-corrected chi connectivity index (χ4v) is 5.92. The van der Waals surface area contributed by atoms with E-state index in [0.29, 0.717) is 19.1 Å². The maximum atomic E-state index is 13.3. The Morgan fingerprint density at radius 3 is 2.76 bits per heavy atom. The summed E-state index contributed by atoms with van der Waals surface area (Å²) in [6.07, 6.45) is 6.68. The summed E-state index contributed by atoms with van der Waals surface area (Å²) in [6, 6.07) is 14.4. The van der Waals surface area contributed by atoms with E-state index in [2.05, 4.69) is 38.4 Å². The van der Waals surface area contributed by atoms with Crippen molar-refractivity contribution in [1.29, 1.82) is 0 Å². The minimum absolute atomic E-state index is 0.0649. The van der Waals surface area contributed by atoms with Crippen LogP contribution in [0.25, 0.3) is 10.9 Å². The van der Waals surface area contributed by atoms with Crippen LogP contribution in [0.5, 0.6) is 11.5 Å². The van der Waals surface area contributed by atoms with Crippen LogP contribution in [0.15, 0.2) is 47.3 Å². The quantitative estimate of drug-likeness (QED) is 0.345. The zero-order chi connectivity index (χ0) is 26.1. The zero-order valence-electron chi connectivity index (χ0n) is 22.0. The van der Waals surface area contributed by atoms with E-state index in [4.69, 9.17) is 9.47 Å². The number of benzene rings is 2. The molecule has 1 aliphatic heterocycles. The number of nitrogens with zero attached hydrogens (tertiary/aromatic N) is 5. The topological polar surface area (TPSA) is 98.2 Å². The number of tetrazole rings is 1. The average molecular weight is 515 g/mol. The molecule has 9 heteroatoms. The highest BCUT2D eigenvalue weighted by Crippen LogP contribution is 2.35. The molecule has 9 nitrogen and oxygen atoms in total. The summed E-state index contributed by atoms with van der Waals surface area (Å²) in [5, 5.41) is 14.1. The van der Waals surface area contributed by atoms with E-state index in [1.807, 2.05) is 48.0 Å². The highest BCUT2D eigenvalue weighted by atomic mass is 16.7. The van der Waals surface area contributed by atoms with Crippen molar-refractivity contribution in [3.05, 3.63) is 75.3 Å². The fourth-order valence-electron chi connectivity index (χ4n) is 5.92. The van der Waals surface area contributed by atoms with E-state index in [1.54, 1.807) is 0 Å². The highest BCUT2D eigenvalue weighted by Gasteiger charge is 2.29. The number of hydrogen-bond donors (Lipinski definition) is 1. The molecule has 6 rings (SSSR count). The molecule has 38 heavy (non-hydrogen) atoms. The third kappa shape index (κ3) is 4.78. The lowest BCUT2D eigenvalue weighted by Crippen LogP contribution is -2.33. The van der Waals surface area contributed by atoms with Gasteiger partial charge in [0.1, 0.15) is 0 Å². The lowest BCUT2D eigenvalue weighted by Gasteiger charge is -2.32. The summed E-state index contributed by atoms with van der Waals surface area (Å²) in [7, 11) is 0. The van der Waals surface area contributed by atoms with E-state index < -0.39 is 0 Å². The molecule has 4 aromatic rings. The van der Waals surface area contributed by atoms with Crippen molar-refractivity contribution >= 4 is 10.9 Å². The number of pyridine rings is 1. The Kier molecular flexibility index (Phi) is 6.84. The van der Waals surface area contributed by atoms with Crippen LogP contribution in [0, 0.1) is 6.92 Å². The van der Waals surface area contributed by atoms with Gasteiger partial charge in [0.2, 0.25) is 6.79 Å². The Bertz CT molecular complexity index is 1490. The molecule has 2 aromatic carbocycles. The Hall–Kier alpha value is -3.72. The number of rotatable bonds is 8. The first-order chi connectivity index (χ1) is 18.6. The van der Waals surface area contributed by atoms with Crippen molar-refractivity contribution in [2.45, 2.75) is 77.5 Å². The number of aromatic amines is 1. The Morgan fingerprint density at radius 2 is 1.92 bits per heavy atom. The van der Waals surface area contributed by atoms with E-state index >= 15 is 0 Å². The minimum atomic E-state index is -0.0655. The standard InChI is InChI=1S/C29H34N6O3/c1-3-24(28-31-32-33-35(28)23-10-5-4-6-11-23)34(16-20-12-13-25-26(14-20)38-18-37-25)17-22-15-21-9-7-8-19(2)27(21)30-29(22)36/h7-9,12-15,23-24H,3-6,10-11,16-18H2,1-2H3,(H,30,36)/t24-/m0/s1. The molecule has 0 saturated heterocycles. The summed E-state index contributed by atoms with van der Waals surface area (Å²) < 4.78 is 13.2. The molecule has 0 spiro atoms. The molecule has 0 radical (unpaired) electrons. The number of hydrogen-bond acceptors (Lipinski definition) is 7. The lowest BCUT2D eigenvalue weighted by molar-refractivity contribution is 0.155. The molecule has 3 heterocycles. The summed E-state index contributed by atoms with van der Waals surface area (Å²) in [6.45, 7) is 5.48. The second-order valence-electron chi connectivity index (χ2n) is 10.5. The van der Waals surface area contributed by atoms with Gasteiger partial charge in [0, 0.05) is 18.7 Å². The number of fused-ring (bicyclic) bond motifs is 2. The smallest absolute Gasteiger partial charge is 0.252 e. The minimum Gasteiger partial charge on any atom is -0.454 e. The summed E-state index contributed by atoms with van der Waals surface area (Å²) >= 11 is 0. The molecular formula is C29H34N6O3. The van der Waals surface area contributed by atoms with E-state index in [9.17, 15) is 4.79 Å². The van der Waals surface area contributed by atoms with Crippen molar-refractivity contribution in [3.63, 3.8) is 0 Å². The van der Waals surface area contributed by atoms with Crippen LogP contribution in [0.3, 0.4) is 0 Å².